The van der Waals surface area contributed by atoms with Crippen molar-refractivity contribution < 1.29 is 4.42 Å². The number of benzene rings is 9. The molecule has 57 heavy (non-hydrogen) atoms. The van der Waals surface area contributed by atoms with Gasteiger partial charge in [-0.25, -0.2) is 0 Å². The van der Waals surface area contributed by atoms with Gasteiger partial charge in [0.1, 0.15) is 11.2 Å². The number of nitrogens with zero attached hydrogens (tertiary/aromatic N) is 1. The normalized spacial score (nSPS) is 11.5. The van der Waals surface area contributed by atoms with Crippen LogP contribution in [0.2, 0.25) is 0 Å². The van der Waals surface area contributed by atoms with Gasteiger partial charge in [0.15, 0.2) is 0 Å². The number of fused-ring (bicyclic) bond motifs is 6. The number of thiophene rings is 1. The summed E-state index contributed by atoms with van der Waals surface area (Å²) in [4.78, 5) is 2.35. The maximum absolute atomic E-state index is 6.48. The van der Waals surface area contributed by atoms with Crippen LogP contribution in [0.3, 0.4) is 0 Å². The minimum Gasteiger partial charge on any atom is -0.455 e. The predicted molar refractivity (Wildman–Crippen MR) is 243 cm³/mol. The number of anilines is 3. The highest BCUT2D eigenvalue weighted by Gasteiger charge is 2.17. The Labute approximate surface area is 335 Å². The number of rotatable bonds is 7. The van der Waals surface area contributed by atoms with Crippen molar-refractivity contribution >= 4 is 70.5 Å². The predicted octanol–water partition coefficient (Wildman–Crippen LogP) is 16.1. The quantitative estimate of drug-likeness (QED) is 0.162. The summed E-state index contributed by atoms with van der Waals surface area (Å²) >= 11 is 1.85. The van der Waals surface area contributed by atoms with Crippen LogP contribution in [0, 0.1) is 0 Å². The summed E-state index contributed by atoms with van der Waals surface area (Å²) in [6, 6.07) is 76.4. The molecule has 0 atom stereocenters. The van der Waals surface area contributed by atoms with E-state index in [1.54, 1.807) is 0 Å². The summed E-state index contributed by atoms with van der Waals surface area (Å²) in [5.74, 6) is 0. The fraction of sp³-hybridized carbons (Fsp3) is 0. The van der Waals surface area contributed by atoms with Gasteiger partial charge < -0.3 is 9.32 Å². The molecule has 11 aromatic rings. The van der Waals surface area contributed by atoms with E-state index in [0.717, 1.165) is 50.1 Å². The molecule has 0 unspecified atom stereocenters. The average molecular weight is 746 g/mol. The van der Waals surface area contributed by atoms with Crippen molar-refractivity contribution in [2.45, 2.75) is 0 Å². The molecule has 3 heteroatoms. The third kappa shape index (κ3) is 5.97. The Morgan fingerprint density at radius 3 is 1.58 bits per heavy atom. The Balaban J connectivity index is 0.989. The second-order valence-electron chi connectivity index (χ2n) is 14.5. The van der Waals surface area contributed by atoms with Crippen LogP contribution in [-0.4, -0.2) is 0 Å². The van der Waals surface area contributed by atoms with Crippen LogP contribution < -0.4 is 4.90 Å². The summed E-state index contributed by atoms with van der Waals surface area (Å²) in [6.45, 7) is 0. The molecule has 2 aromatic heterocycles. The largest absolute Gasteiger partial charge is 0.455 e. The van der Waals surface area contributed by atoms with Crippen LogP contribution in [0.25, 0.3) is 86.6 Å². The first-order valence-electron chi connectivity index (χ1n) is 19.3. The van der Waals surface area contributed by atoms with E-state index in [4.69, 9.17) is 4.42 Å². The van der Waals surface area contributed by atoms with E-state index < -0.39 is 0 Å². The molecule has 0 saturated carbocycles. The molecule has 0 saturated heterocycles. The van der Waals surface area contributed by atoms with Crippen molar-refractivity contribution in [3.8, 4) is 44.5 Å². The third-order valence-corrected chi connectivity index (χ3v) is 12.3. The van der Waals surface area contributed by atoms with Crippen LogP contribution >= 0.6 is 11.3 Å². The second kappa shape index (κ2) is 13.8. The van der Waals surface area contributed by atoms with E-state index in [9.17, 15) is 0 Å². The number of para-hydroxylation sites is 2. The topological polar surface area (TPSA) is 16.4 Å². The molecule has 0 N–H and O–H groups in total. The molecule has 2 nitrogen and oxygen atoms in total. The molecule has 0 spiro atoms. The van der Waals surface area contributed by atoms with Crippen LogP contribution in [0.1, 0.15) is 0 Å². The van der Waals surface area contributed by atoms with E-state index in [-0.39, 0.29) is 0 Å². The second-order valence-corrected chi connectivity index (χ2v) is 15.6. The van der Waals surface area contributed by atoms with Crippen molar-refractivity contribution in [3.05, 3.63) is 212 Å². The zero-order chi connectivity index (χ0) is 37.7. The minimum atomic E-state index is 0.902. The molecule has 0 radical (unpaired) electrons. The lowest BCUT2D eigenvalue weighted by Gasteiger charge is -2.26. The van der Waals surface area contributed by atoms with Crippen LogP contribution in [0.4, 0.5) is 17.1 Å². The summed E-state index contributed by atoms with van der Waals surface area (Å²) in [5.41, 5.74) is 14.4. The Kier molecular flexibility index (Phi) is 8.04. The molecule has 0 aliphatic carbocycles. The third-order valence-electron chi connectivity index (χ3n) is 11.1. The Hall–Kier alpha value is -7.20. The summed E-state index contributed by atoms with van der Waals surface area (Å²) in [5, 5.41) is 4.89. The molecule has 0 aliphatic heterocycles. The lowest BCUT2D eigenvalue weighted by molar-refractivity contribution is 0.670. The van der Waals surface area contributed by atoms with Gasteiger partial charge in [-0.05, 0) is 99.6 Å². The lowest BCUT2D eigenvalue weighted by atomic mass is 9.99. The van der Waals surface area contributed by atoms with Crippen molar-refractivity contribution in [2.24, 2.45) is 0 Å². The monoisotopic (exact) mass is 745 g/mol. The highest BCUT2D eigenvalue weighted by Crippen LogP contribution is 2.42. The summed E-state index contributed by atoms with van der Waals surface area (Å²) in [6.07, 6.45) is 0. The average Bonchev–Trinajstić information content (AvgIpc) is 3.86. The molecule has 11 rings (SSSR count). The number of hydrogen-bond donors (Lipinski definition) is 0. The van der Waals surface area contributed by atoms with Crippen molar-refractivity contribution in [3.63, 3.8) is 0 Å². The smallest absolute Gasteiger partial charge is 0.143 e. The Morgan fingerprint density at radius 1 is 0.316 bits per heavy atom. The molecule has 0 amide bonds. The van der Waals surface area contributed by atoms with Crippen LogP contribution in [0.5, 0.6) is 0 Å². The molecule has 0 aliphatic rings. The highest BCUT2D eigenvalue weighted by atomic mass is 32.1. The van der Waals surface area contributed by atoms with E-state index in [1.165, 1.54) is 53.6 Å². The first-order chi connectivity index (χ1) is 28.2. The zero-order valence-corrected chi connectivity index (χ0v) is 31.8. The van der Waals surface area contributed by atoms with Crippen LogP contribution in [0.15, 0.2) is 217 Å². The molecular formula is C54H35NOS. The van der Waals surface area contributed by atoms with Gasteiger partial charge in [-0.3, -0.25) is 0 Å². The van der Waals surface area contributed by atoms with Gasteiger partial charge in [0.05, 0.1) is 0 Å². The van der Waals surface area contributed by atoms with E-state index in [2.05, 4.69) is 205 Å². The summed E-state index contributed by atoms with van der Waals surface area (Å²) in [7, 11) is 0. The summed E-state index contributed by atoms with van der Waals surface area (Å²) < 4.78 is 9.12. The van der Waals surface area contributed by atoms with Gasteiger partial charge in [-0.2, -0.15) is 0 Å². The van der Waals surface area contributed by atoms with Crippen molar-refractivity contribution in [1.82, 2.24) is 0 Å². The zero-order valence-electron chi connectivity index (χ0n) is 31.0. The first-order valence-corrected chi connectivity index (χ1v) is 20.1. The molecule has 268 valence electrons. The minimum absolute atomic E-state index is 0.902. The van der Waals surface area contributed by atoms with Gasteiger partial charge in [-0.15, -0.1) is 11.3 Å². The Morgan fingerprint density at radius 2 is 0.842 bits per heavy atom. The van der Waals surface area contributed by atoms with Crippen molar-refractivity contribution in [2.75, 3.05) is 4.90 Å². The lowest BCUT2D eigenvalue weighted by Crippen LogP contribution is -2.10. The maximum atomic E-state index is 6.48. The van der Waals surface area contributed by atoms with Gasteiger partial charge in [0.2, 0.25) is 0 Å². The van der Waals surface area contributed by atoms with Gasteiger partial charge >= 0.3 is 0 Å². The maximum Gasteiger partial charge on any atom is 0.143 e. The van der Waals surface area contributed by atoms with E-state index in [0.29, 0.717) is 0 Å². The SMILES string of the molecule is c1ccc(-c2ccc(-c3ccc(N(c4ccc(-c5ccc6sc7ccccc7c6c5)cc4)c4cccc(-c5cccc6c5oc5ccccc56)c4)cc3)cc2)cc1. The highest BCUT2D eigenvalue weighted by molar-refractivity contribution is 7.25. The Bertz CT molecular complexity index is 3210. The van der Waals surface area contributed by atoms with Gasteiger partial charge in [0, 0.05) is 53.6 Å². The van der Waals surface area contributed by atoms with Gasteiger partial charge in [0.25, 0.3) is 0 Å². The van der Waals surface area contributed by atoms with Crippen LogP contribution in [-0.2, 0) is 0 Å². The van der Waals surface area contributed by atoms with E-state index >= 15 is 0 Å². The first kappa shape index (κ1) is 33.2. The molecular weight excluding hydrogens is 711 g/mol. The molecule has 0 bridgehead atoms. The number of furan rings is 1. The molecule has 0 fully saturated rings. The van der Waals surface area contributed by atoms with E-state index in [1.807, 2.05) is 23.5 Å². The fourth-order valence-electron chi connectivity index (χ4n) is 8.23. The van der Waals surface area contributed by atoms with Gasteiger partial charge in [-0.1, -0.05) is 152 Å². The van der Waals surface area contributed by atoms with Crippen molar-refractivity contribution in [1.29, 1.82) is 0 Å². The molecule has 9 aromatic carbocycles. The standard InChI is InChI=1S/C54H35NOS/c1-2-10-36(11-3-1)37-20-22-38(23-21-37)39-24-29-43(30-25-39)55(44-31-26-40(27-32-44)41-28-33-53-50(35-41)48-15-5-7-19-52(48)57-53)45-13-8-12-42(34-45)46-16-9-17-49-47-14-4-6-18-51(47)56-54(46)49/h1-35H. The fourth-order valence-corrected chi connectivity index (χ4v) is 9.32. The molecule has 2 heterocycles. The number of hydrogen-bond acceptors (Lipinski definition) is 3.